The number of hydrogen-bond acceptors (Lipinski definition) is 2. The molecule has 0 radical (unpaired) electrons. The van der Waals surface area contributed by atoms with E-state index in [1.165, 1.54) is 0 Å². The Morgan fingerprint density at radius 2 is 1.91 bits per heavy atom. The number of fused-ring (bicyclic) bond motifs is 1. The summed E-state index contributed by atoms with van der Waals surface area (Å²) in [5, 5.41) is 19.6. The zero-order valence-electron chi connectivity index (χ0n) is 14.0. The molecule has 0 atom stereocenters. The van der Waals surface area contributed by atoms with E-state index in [1.54, 1.807) is 12.1 Å². The maximum atomic E-state index is 11.5. The van der Waals surface area contributed by atoms with Crippen molar-refractivity contribution >= 4 is 16.9 Å². The highest BCUT2D eigenvalue weighted by Crippen LogP contribution is 2.36. The second-order valence-corrected chi connectivity index (χ2v) is 6.93. The second kappa shape index (κ2) is 5.76. The van der Waals surface area contributed by atoms with Gasteiger partial charge in [0.15, 0.2) is 0 Å². The fraction of sp³-hybridized carbons (Fsp3) is 0.500. The molecule has 0 amide bonds. The van der Waals surface area contributed by atoms with Crippen LogP contribution in [-0.4, -0.2) is 27.4 Å². The molecule has 0 aliphatic rings. The molecule has 0 aliphatic carbocycles. The van der Waals surface area contributed by atoms with Gasteiger partial charge in [-0.15, -0.1) is 0 Å². The molecule has 0 spiro atoms. The standard InChI is InChI=1S/C18H25NO3/c1-11-13(7-6-8-20)14-9-12(17(21)22)10-15(18(2,3)4)16(14)19(11)5/h9-10,20H,6-8H2,1-5H3,(H,21,22). The Balaban J connectivity index is 2.86. The molecule has 0 aliphatic heterocycles. The van der Waals surface area contributed by atoms with Gasteiger partial charge in [0.1, 0.15) is 0 Å². The van der Waals surface area contributed by atoms with Crippen molar-refractivity contribution in [1.82, 2.24) is 4.57 Å². The number of rotatable bonds is 4. The van der Waals surface area contributed by atoms with Crippen molar-refractivity contribution in [2.24, 2.45) is 7.05 Å². The largest absolute Gasteiger partial charge is 0.478 e. The molecule has 1 aromatic carbocycles. The van der Waals surface area contributed by atoms with Crippen LogP contribution in [0.4, 0.5) is 0 Å². The molecule has 0 unspecified atom stereocenters. The van der Waals surface area contributed by atoms with Crippen LogP contribution >= 0.6 is 0 Å². The van der Waals surface area contributed by atoms with E-state index in [2.05, 4.69) is 32.3 Å². The highest BCUT2D eigenvalue weighted by atomic mass is 16.4. The summed E-state index contributed by atoms with van der Waals surface area (Å²) in [5.74, 6) is -0.901. The van der Waals surface area contributed by atoms with E-state index in [1.807, 2.05) is 7.05 Å². The van der Waals surface area contributed by atoms with E-state index in [4.69, 9.17) is 5.11 Å². The molecule has 2 N–H and O–H groups in total. The highest BCUT2D eigenvalue weighted by Gasteiger charge is 2.24. The van der Waals surface area contributed by atoms with Crippen molar-refractivity contribution in [3.8, 4) is 0 Å². The first-order valence-electron chi connectivity index (χ1n) is 7.65. The van der Waals surface area contributed by atoms with Crippen LogP contribution in [0.15, 0.2) is 12.1 Å². The van der Waals surface area contributed by atoms with Crippen LogP contribution in [0.1, 0.15) is 54.4 Å². The van der Waals surface area contributed by atoms with E-state index >= 15 is 0 Å². The fourth-order valence-corrected chi connectivity index (χ4v) is 3.06. The molecule has 2 rings (SSSR count). The normalized spacial score (nSPS) is 12.1. The lowest BCUT2D eigenvalue weighted by Gasteiger charge is -2.22. The number of aliphatic hydroxyl groups excluding tert-OH is 1. The quantitative estimate of drug-likeness (QED) is 0.910. The summed E-state index contributed by atoms with van der Waals surface area (Å²) in [6, 6.07) is 3.56. The molecule has 4 nitrogen and oxygen atoms in total. The number of nitrogens with zero attached hydrogens (tertiary/aromatic N) is 1. The van der Waals surface area contributed by atoms with Crippen molar-refractivity contribution in [1.29, 1.82) is 0 Å². The minimum atomic E-state index is -0.901. The van der Waals surface area contributed by atoms with Crippen molar-refractivity contribution in [3.63, 3.8) is 0 Å². The number of aryl methyl sites for hydroxylation is 2. The predicted octanol–water partition coefficient (Wildman–Crippen LogP) is 3.41. The third kappa shape index (κ3) is 2.75. The Labute approximate surface area is 131 Å². The molecule has 2 aromatic rings. The monoisotopic (exact) mass is 303 g/mol. The van der Waals surface area contributed by atoms with Crippen LogP contribution in [0.5, 0.6) is 0 Å². The van der Waals surface area contributed by atoms with E-state index in [0.29, 0.717) is 12.0 Å². The van der Waals surface area contributed by atoms with Gasteiger partial charge in [-0.2, -0.15) is 0 Å². The van der Waals surface area contributed by atoms with Crippen LogP contribution in [-0.2, 0) is 18.9 Å². The summed E-state index contributed by atoms with van der Waals surface area (Å²) in [5.41, 5.74) is 4.60. The number of carboxylic acids is 1. The van der Waals surface area contributed by atoms with E-state index in [-0.39, 0.29) is 12.0 Å². The second-order valence-electron chi connectivity index (χ2n) is 6.93. The number of carboxylic acid groups (broad SMARTS) is 1. The van der Waals surface area contributed by atoms with Crippen molar-refractivity contribution < 1.29 is 15.0 Å². The highest BCUT2D eigenvalue weighted by molar-refractivity contribution is 5.97. The maximum absolute atomic E-state index is 11.5. The van der Waals surface area contributed by atoms with Crippen LogP contribution in [0, 0.1) is 6.92 Å². The smallest absolute Gasteiger partial charge is 0.335 e. The van der Waals surface area contributed by atoms with Crippen LogP contribution < -0.4 is 0 Å². The molecule has 120 valence electrons. The Kier molecular flexibility index (Phi) is 4.34. The molecule has 0 bridgehead atoms. The van der Waals surface area contributed by atoms with Crippen LogP contribution in [0.25, 0.3) is 10.9 Å². The lowest BCUT2D eigenvalue weighted by Crippen LogP contribution is -2.14. The van der Waals surface area contributed by atoms with Gasteiger partial charge in [0.2, 0.25) is 0 Å². The Morgan fingerprint density at radius 3 is 2.41 bits per heavy atom. The number of aromatic nitrogens is 1. The van der Waals surface area contributed by atoms with Gasteiger partial charge in [-0.3, -0.25) is 0 Å². The molecular formula is C18H25NO3. The van der Waals surface area contributed by atoms with Gasteiger partial charge in [-0.05, 0) is 48.4 Å². The molecule has 0 saturated carbocycles. The third-order valence-corrected chi connectivity index (χ3v) is 4.35. The maximum Gasteiger partial charge on any atom is 0.335 e. The first kappa shape index (κ1) is 16.6. The van der Waals surface area contributed by atoms with E-state index in [9.17, 15) is 9.90 Å². The average Bonchev–Trinajstić information content (AvgIpc) is 2.67. The Bertz CT molecular complexity index is 720. The van der Waals surface area contributed by atoms with Gasteiger partial charge in [-0.1, -0.05) is 20.8 Å². The summed E-state index contributed by atoms with van der Waals surface area (Å²) in [6.07, 6.45) is 1.44. The number of hydrogen-bond donors (Lipinski definition) is 2. The van der Waals surface area contributed by atoms with Crippen LogP contribution in [0.2, 0.25) is 0 Å². The zero-order chi connectivity index (χ0) is 16.7. The number of aliphatic hydroxyl groups is 1. The molecule has 0 saturated heterocycles. The molecule has 0 fully saturated rings. The minimum Gasteiger partial charge on any atom is -0.478 e. The van der Waals surface area contributed by atoms with Crippen LogP contribution in [0.3, 0.4) is 0 Å². The number of carbonyl (C=O) groups is 1. The molecule has 4 heteroatoms. The zero-order valence-corrected chi connectivity index (χ0v) is 14.0. The first-order chi connectivity index (χ1) is 10.2. The van der Waals surface area contributed by atoms with Gasteiger partial charge in [0.05, 0.1) is 11.1 Å². The summed E-state index contributed by atoms with van der Waals surface area (Å²) in [7, 11) is 2.02. The van der Waals surface area contributed by atoms with Gasteiger partial charge < -0.3 is 14.8 Å². The Hall–Kier alpha value is -1.81. The van der Waals surface area contributed by atoms with Gasteiger partial charge in [0, 0.05) is 24.7 Å². The average molecular weight is 303 g/mol. The van der Waals surface area contributed by atoms with Gasteiger partial charge in [-0.25, -0.2) is 4.79 Å². The topological polar surface area (TPSA) is 62.5 Å². The Morgan fingerprint density at radius 1 is 1.27 bits per heavy atom. The van der Waals surface area contributed by atoms with Crippen molar-refractivity contribution in [2.75, 3.05) is 6.61 Å². The SMILES string of the molecule is Cc1c(CCCO)c2cc(C(=O)O)cc(C(C)(C)C)c2n1C. The summed E-state index contributed by atoms with van der Waals surface area (Å²) >= 11 is 0. The third-order valence-electron chi connectivity index (χ3n) is 4.35. The summed E-state index contributed by atoms with van der Waals surface area (Å²) < 4.78 is 2.15. The fourth-order valence-electron chi connectivity index (χ4n) is 3.06. The molecule has 1 heterocycles. The number of benzene rings is 1. The first-order valence-corrected chi connectivity index (χ1v) is 7.65. The predicted molar refractivity (Wildman–Crippen MR) is 88.7 cm³/mol. The van der Waals surface area contributed by atoms with E-state index < -0.39 is 5.97 Å². The summed E-state index contributed by atoms with van der Waals surface area (Å²) in [4.78, 5) is 11.5. The summed E-state index contributed by atoms with van der Waals surface area (Å²) in [6.45, 7) is 8.50. The van der Waals surface area contributed by atoms with Crippen molar-refractivity contribution in [3.05, 3.63) is 34.5 Å². The number of aromatic carboxylic acids is 1. The minimum absolute atomic E-state index is 0.139. The molecule has 1 aromatic heterocycles. The van der Waals surface area contributed by atoms with Crippen molar-refractivity contribution in [2.45, 2.75) is 46.0 Å². The van der Waals surface area contributed by atoms with Gasteiger partial charge >= 0.3 is 5.97 Å². The molecule has 22 heavy (non-hydrogen) atoms. The van der Waals surface area contributed by atoms with E-state index in [0.717, 1.165) is 34.1 Å². The lowest BCUT2D eigenvalue weighted by molar-refractivity contribution is 0.0697. The molecular weight excluding hydrogens is 278 g/mol. The lowest BCUT2D eigenvalue weighted by atomic mass is 9.84. The van der Waals surface area contributed by atoms with Gasteiger partial charge in [0.25, 0.3) is 0 Å².